The summed E-state index contributed by atoms with van der Waals surface area (Å²) in [6.45, 7) is 9.84. The van der Waals surface area contributed by atoms with Crippen molar-refractivity contribution in [2.45, 2.75) is 79.1 Å². The Labute approximate surface area is 231 Å². The second-order valence-corrected chi connectivity index (χ2v) is 8.71. The Kier molecular flexibility index (Phi) is 18.1. The van der Waals surface area contributed by atoms with Gasteiger partial charge >= 0.3 is 0 Å². The van der Waals surface area contributed by atoms with Crippen LogP contribution in [0.15, 0.2) is 103 Å². The molecule has 3 aromatic rings. The molecule has 0 N–H and O–H groups in total. The van der Waals surface area contributed by atoms with Crippen LogP contribution in [0.5, 0.6) is 0 Å². The molecular weight excluding hydrogens is 464 g/mol. The number of pyridine rings is 2. The number of benzene rings is 1. The van der Waals surface area contributed by atoms with Crippen molar-refractivity contribution in [3.05, 3.63) is 120 Å². The third-order valence-corrected chi connectivity index (χ3v) is 5.64. The van der Waals surface area contributed by atoms with Crippen LogP contribution in [0.2, 0.25) is 0 Å². The number of allylic oxidation sites excluding steroid dienone is 4. The van der Waals surface area contributed by atoms with E-state index in [0.717, 1.165) is 37.8 Å². The van der Waals surface area contributed by atoms with Crippen LogP contribution in [0.3, 0.4) is 0 Å². The Balaban J connectivity index is 0.000000303. The maximum Gasteiger partial charge on any atom is 0.130 e. The predicted octanol–water partition coefficient (Wildman–Crippen LogP) is 8.73. The molecule has 0 aliphatic carbocycles. The third kappa shape index (κ3) is 14.7. The van der Waals surface area contributed by atoms with Gasteiger partial charge in [-0.05, 0) is 75.4 Å². The quantitative estimate of drug-likeness (QED) is 0.165. The molecule has 3 rings (SSSR count). The van der Waals surface area contributed by atoms with Crippen molar-refractivity contribution in [2.75, 3.05) is 0 Å². The molecule has 38 heavy (non-hydrogen) atoms. The van der Waals surface area contributed by atoms with Gasteiger partial charge in [0, 0.05) is 49.0 Å². The van der Waals surface area contributed by atoms with Gasteiger partial charge in [0.2, 0.25) is 0 Å². The first-order valence-corrected chi connectivity index (χ1v) is 13.6. The zero-order valence-corrected chi connectivity index (χ0v) is 23.9. The van der Waals surface area contributed by atoms with Crippen LogP contribution in [0.4, 0.5) is 0 Å². The summed E-state index contributed by atoms with van der Waals surface area (Å²) in [5.41, 5.74) is 4.73. The summed E-state index contributed by atoms with van der Waals surface area (Å²) in [4.78, 5) is 19.7. The van der Waals surface area contributed by atoms with E-state index in [1.54, 1.807) is 6.92 Å². The van der Waals surface area contributed by atoms with Gasteiger partial charge in [-0.15, -0.1) is 11.8 Å². The molecule has 0 bridgehead atoms. The predicted molar refractivity (Wildman–Crippen MR) is 162 cm³/mol. The van der Waals surface area contributed by atoms with Crippen LogP contribution < -0.4 is 0 Å². The van der Waals surface area contributed by atoms with Crippen molar-refractivity contribution in [3.8, 4) is 11.8 Å². The number of Topliss-reactive ketones (excluding diaryl/α,β-unsaturated/α-hetero) is 1. The summed E-state index contributed by atoms with van der Waals surface area (Å²) in [5.74, 6) is 6.59. The van der Waals surface area contributed by atoms with Gasteiger partial charge in [0.25, 0.3) is 0 Å². The average Bonchev–Trinajstić information content (AvgIpc) is 2.97. The van der Waals surface area contributed by atoms with E-state index in [9.17, 15) is 4.79 Å². The highest BCUT2D eigenvalue weighted by Gasteiger charge is 2.16. The molecule has 3 heteroatoms. The molecule has 0 aliphatic rings. The zero-order valence-electron chi connectivity index (χ0n) is 23.9. The van der Waals surface area contributed by atoms with E-state index in [1.807, 2.05) is 80.8 Å². The maximum atomic E-state index is 11.4. The first-order valence-electron chi connectivity index (χ1n) is 13.6. The minimum absolute atomic E-state index is 0.176. The summed E-state index contributed by atoms with van der Waals surface area (Å²) >= 11 is 0. The summed E-state index contributed by atoms with van der Waals surface area (Å²) in [6.07, 6.45) is 15.5. The molecule has 200 valence electrons. The van der Waals surface area contributed by atoms with Crippen molar-refractivity contribution in [2.24, 2.45) is 0 Å². The molecule has 2 aromatic heterocycles. The number of hydrogen-bond acceptors (Lipinski definition) is 3. The van der Waals surface area contributed by atoms with Crippen LogP contribution in [0, 0.1) is 11.8 Å². The number of nitrogens with zero attached hydrogens (tertiary/aromatic N) is 2. The van der Waals surface area contributed by atoms with Gasteiger partial charge in [0.1, 0.15) is 5.78 Å². The topological polar surface area (TPSA) is 42.9 Å². The van der Waals surface area contributed by atoms with Gasteiger partial charge < -0.3 is 0 Å². The second kappa shape index (κ2) is 21.3. The van der Waals surface area contributed by atoms with Gasteiger partial charge in [0.15, 0.2) is 0 Å². The highest BCUT2D eigenvalue weighted by Crippen LogP contribution is 2.29. The Morgan fingerprint density at radius 1 is 0.868 bits per heavy atom. The van der Waals surface area contributed by atoms with Gasteiger partial charge in [0.05, 0.1) is 0 Å². The molecule has 1 unspecified atom stereocenters. The fourth-order valence-corrected chi connectivity index (χ4v) is 3.73. The Morgan fingerprint density at radius 3 is 1.97 bits per heavy atom. The van der Waals surface area contributed by atoms with E-state index < -0.39 is 0 Å². The zero-order chi connectivity index (χ0) is 27.8. The Bertz CT molecular complexity index is 1120. The van der Waals surface area contributed by atoms with Gasteiger partial charge in [-0.3, -0.25) is 14.8 Å². The van der Waals surface area contributed by atoms with Gasteiger partial charge in [-0.1, -0.05) is 74.5 Å². The van der Waals surface area contributed by atoms with E-state index in [0.29, 0.717) is 6.42 Å². The molecule has 0 saturated carbocycles. The van der Waals surface area contributed by atoms with Crippen molar-refractivity contribution in [1.82, 2.24) is 9.97 Å². The molecular formula is C35H44N2O. The molecule has 3 nitrogen and oxygen atoms in total. The molecule has 0 aliphatic heterocycles. The highest BCUT2D eigenvalue weighted by atomic mass is 16.1. The molecule has 1 aromatic carbocycles. The Morgan fingerprint density at radius 2 is 1.50 bits per heavy atom. The molecule has 1 atom stereocenters. The van der Waals surface area contributed by atoms with Crippen LogP contribution in [-0.2, 0) is 17.6 Å². The van der Waals surface area contributed by atoms with E-state index in [4.69, 9.17) is 0 Å². The SMILES string of the molecule is C/C=C\C(=C/C)C(CC(C)=O)c1ccccc1.CCC#CCCCc1ccccn1.CCc1ccccn1. The van der Waals surface area contributed by atoms with Crippen LogP contribution in [0.25, 0.3) is 0 Å². The summed E-state index contributed by atoms with van der Waals surface area (Å²) in [7, 11) is 0. The lowest BCUT2D eigenvalue weighted by Gasteiger charge is -2.17. The first-order chi connectivity index (χ1) is 18.5. The molecule has 0 spiro atoms. The lowest BCUT2D eigenvalue weighted by molar-refractivity contribution is -0.117. The van der Waals surface area contributed by atoms with E-state index in [-0.39, 0.29) is 11.7 Å². The number of carbonyl (C=O) groups is 1. The number of aryl methyl sites for hydroxylation is 2. The number of ketones is 1. The lowest BCUT2D eigenvalue weighted by Crippen LogP contribution is -2.06. The highest BCUT2D eigenvalue weighted by molar-refractivity contribution is 5.77. The minimum Gasteiger partial charge on any atom is -0.300 e. The second-order valence-electron chi connectivity index (χ2n) is 8.71. The summed E-state index contributed by atoms with van der Waals surface area (Å²) in [6, 6.07) is 22.2. The summed E-state index contributed by atoms with van der Waals surface area (Å²) < 4.78 is 0. The lowest BCUT2D eigenvalue weighted by atomic mass is 9.86. The number of unbranched alkanes of at least 4 members (excludes halogenated alkanes) is 1. The van der Waals surface area contributed by atoms with E-state index >= 15 is 0 Å². The smallest absolute Gasteiger partial charge is 0.130 e. The van der Waals surface area contributed by atoms with Crippen LogP contribution in [0.1, 0.15) is 83.2 Å². The average molecular weight is 509 g/mol. The number of aromatic nitrogens is 2. The maximum absolute atomic E-state index is 11.4. The minimum atomic E-state index is 0.176. The van der Waals surface area contributed by atoms with Crippen LogP contribution >= 0.6 is 0 Å². The van der Waals surface area contributed by atoms with Gasteiger partial charge in [-0.25, -0.2) is 0 Å². The van der Waals surface area contributed by atoms with Crippen molar-refractivity contribution in [3.63, 3.8) is 0 Å². The molecule has 0 amide bonds. The Hall–Kier alpha value is -3.77. The normalized spacial score (nSPS) is 11.2. The standard InChI is InChI=1S/C16H20O.C12H15N.C7H9N/c1-4-9-14(5-2)16(12-13(3)17)15-10-7-6-8-11-15;1-2-3-4-5-6-9-12-10-7-8-11-13-12;1-2-7-5-3-4-6-8-7/h4-11,16H,12H2,1-3H3;7-8,10-11H,2,5-6,9H2,1H3;3-6H,2H2,1H3/b9-4-,14-5+;;. The van der Waals surface area contributed by atoms with Crippen molar-refractivity contribution >= 4 is 5.78 Å². The molecule has 0 fully saturated rings. The number of carbonyl (C=O) groups excluding carboxylic acids is 1. The third-order valence-electron chi connectivity index (χ3n) is 5.64. The summed E-state index contributed by atoms with van der Waals surface area (Å²) in [5, 5.41) is 0. The number of hydrogen-bond donors (Lipinski definition) is 0. The monoisotopic (exact) mass is 508 g/mol. The largest absolute Gasteiger partial charge is 0.300 e. The van der Waals surface area contributed by atoms with Crippen LogP contribution in [-0.4, -0.2) is 15.8 Å². The van der Waals surface area contributed by atoms with E-state index in [2.05, 4.69) is 66.0 Å². The van der Waals surface area contributed by atoms with Crippen molar-refractivity contribution < 1.29 is 4.79 Å². The number of rotatable bonds is 9. The first kappa shape index (κ1) is 32.3. The van der Waals surface area contributed by atoms with Crippen molar-refractivity contribution in [1.29, 1.82) is 0 Å². The molecule has 0 radical (unpaired) electrons. The van der Waals surface area contributed by atoms with E-state index in [1.165, 1.54) is 16.8 Å². The molecule has 0 saturated heterocycles. The fourth-order valence-electron chi connectivity index (χ4n) is 3.73. The fraction of sp³-hybridized carbons (Fsp3) is 0.343. The molecule has 2 heterocycles. The van der Waals surface area contributed by atoms with Gasteiger partial charge in [-0.2, -0.15) is 0 Å².